The first kappa shape index (κ1) is 9.49. The van der Waals surface area contributed by atoms with E-state index in [1.54, 1.807) is 0 Å². The van der Waals surface area contributed by atoms with Gasteiger partial charge >= 0.3 is 0 Å². The minimum atomic E-state index is 0.267. The lowest BCUT2D eigenvalue weighted by molar-refractivity contribution is 0.382. The Morgan fingerprint density at radius 2 is 1.85 bits per heavy atom. The molecule has 2 rings (SSSR count). The number of phenols is 1. The molecule has 70 valence electrons. The molecule has 0 spiro atoms. The number of aromatic hydroxyl groups is 1. The van der Waals surface area contributed by atoms with Crippen LogP contribution in [-0.2, 0) is 0 Å². The quantitative estimate of drug-likeness (QED) is 0.836. The van der Waals surface area contributed by atoms with Gasteiger partial charge in [-0.05, 0) is 62.5 Å². The van der Waals surface area contributed by atoms with Crippen LogP contribution >= 0.6 is 31.9 Å². The van der Waals surface area contributed by atoms with Crippen molar-refractivity contribution < 1.29 is 5.11 Å². The molecule has 1 fully saturated rings. The zero-order valence-corrected chi connectivity index (χ0v) is 10.0. The number of halogens is 2. The molecule has 0 aliphatic carbocycles. The molecule has 1 aliphatic heterocycles. The van der Waals surface area contributed by atoms with E-state index in [4.69, 9.17) is 0 Å². The predicted molar refractivity (Wildman–Crippen MR) is 58.9 cm³/mol. The molecule has 0 amide bonds. The van der Waals surface area contributed by atoms with Gasteiger partial charge in [0.15, 0.2) is 0 Å². The van der Waals surface area contributed by atoms with E-state index in [1.807, 2.05) is 12.1 Å². The summed E-state index contributed by atoms with van der Waals surface area (Å²) in [5, 5.41) is 12.8. The Bertz CT molecular complexity index is 313. The molecule has 1 saturated heterocycles. The average Bonchev–Trinajstić information content (AvgIpc) is 1.96. The van der Waals surface area contributed by atoms with Crippen LogP contribution in [0.4, 0.5) is 0 Å². The summed E-state index contributed by atoms with van der Waals surface area (Å²) in [6.45, 7) is 1.08. The minimum Gasteiger partial charge on any atom is -0.506 e. The molecule has 1 aromatic rings. The monoisotopic (exact) mass is 305 g/mol. The summed E-state index contributed by atoms with van der Waals surface area (Å²) >= 11 is 6.62. The largest absolute Gasteiger partial charge is 0.506 e. The summed E-state index contributed by atoms with van der Waals surface area (Å²) in [6.07, 6.45) is 1.17. The Balaban J connectivity index is 2.37. The summed E-state index contributed by atoms with van der Waals surface area (Å²) in [7, 11) is 0. The van der Waals surface area contributed by atoms with Crippen molar-refractivity contribution in [3.8, 4) is 5.75 Å². The highest BCUT2D eigenvalue weighted by atomic mass is 79.9. The lowest BCUT2D eigenvalue weighted by Gasteiger charge is -2.28. The molecule has 0 saturated carbocycles. The van der Waals surface area contributed by atoms with Crippen LogP contribution in [0.5, 0.6) is 5.75 Å². The van der Waals surface area contributed by atoms with E-state index in [-0.39, 0.29) is 5.75 Å². The van der Waals surface area contributed by atoms with E-state index < -0.39 is 0 Å². The highest BCUT2D eigenvalue weighted by molar-refractivity contribution is 9.11. The molecular weight excluding hydrogens is 298 g/mol. The number of hydrogen-bond donors (Lipinski definition) is 2. The van der Waals surface area contributed by atoms with Crippen molar-refractivity contribution in [1.29, 1.82) is 0 Å². The van der Waals surface area contributed by atoms with Gasteiger partial charge in [-0.25, -0.2) is 0 Å². The summed E-state index contributed by atoms with van der Waals surface area (Å²) < 4.78 is 1.48. The predicted octanol–water partition coefficient (Wildman–Crippen LogP) is 2.95. The Morgan fingerprint density at radius 1 is 1.31 bits per heavy atom. The summed E-state index contributed by atoms with van der Waals surface area (Å²) in [5.41, 5.74) is 1.21. The fraction of sp³-hybridized carbons (Fsp3) is 0.333. The number of hydrogen-bond acceptors (Lipinski definition) is 2. The second kappa shape index (κ2) is 3.59. The number of phenolic OH excluding ortho intramolecular Hbond substituents is 1. The van der Waals surface area contributed by atoms with Gasteiger partial charge in [-0.3, -0.25) is 0 Å². The van der Waals surface area contributed by atoms with Gasteiger partial charge in [0, 0.05) is 6.04 Å². The van der Waals surface area contributed by atoms with E-state index in [9.17, 15) is 5.11 Å². The van der Waals surface area contributed by atoms with Crippen molar-refractivity contribution >= 4 is 31.9 Å². The zero-order chi connectivity index (χ0) is 9.42. The number of nitrogens with one attached hydrogen (secondary N) is 1. The highest BCUT2D eigenvalue weighted by Gasteiger charge is 2.20. The summed E-state index contributed by atoms with van der Waals surface area (Å²) in [6, 6.07) is 4.36. The van der Waals surface area contributed by atoms with Crippen molar-refractivity contribution in [2.75, 3.05) is 6.54 Å². The van der Waals surface area contributed by atoms with Crippen LogP contribution in [0.25, 0.3) is 0 Å². The molecule has 1 atom stereocenters. The molecule has 0 unspecified atom stereocenters. The van der Waals surface area contributed by atoms with Crippen LogP contribution in [0.15, 0.2) is 21.1 Å². The third-order valence-electron chi connectivity index (χ3n) is 2.27. The summed E-state index contributed by atoms with van der Waals surface area (Å²) in [5.74, 6) is 0.267. The SMILES string of the molecule is Oc1c(Br)cc([C@H]2CCN2)cc1Br. The normalized spacial score (nSPS) is 21.2. The van der Waals surface area contributed by atoms with Gasteiger partial charge in [-0.2, -0.15) is 0 Å². The number of rotatable bonds is 1. The maximum Gasteiger partial charge on any atom is 0.143 e. The molecule has 0 radical (unpaired) electrons. The standard InChI is InChI=1S/C9H9Br2NO/c10-6-3-5(8-1-2-12-8)4-7(11)9(6)13/h3-4,8,12-13H,1-2H2/t8-/m1/s1. The van der Waals surface area contributed by atoms with Gasteiger partial charge in [0.25, 0.3) is 0 Å². The lowest BCUT2D eigenvalue weighted by Crippen LogP contribution is -2.34. The lowest BCUT2D eigenvalue weighted by atomic mass is 9.98. The second-order valence-electron chi connectivity index (χ2n) is 3.13. The first-order valence-corrected chi connectivity index (χ1v) is 5.68. The Hall–Kier alpha value is -0.0600. The maximum atomic E-state index is 9.49. The van der Waals surface area contributed by atoms with E-state index in [0.717, 1.165) is 15.5 Å². The molecule has 4 heteroatoms. The van der Waals surface area contributed by atoms with Crippen molar-refractivity contribution in [2.24, 2.45) is 0 Å². The first-order chi connectivity index (χ1) is 6.18. The molecule has 1 heterocycles. The topological polar surface area (TPSA) is 32.3 Å². The van der Waals surface area contributed by atoms with E-state index in [2.05, 4.69) is 37.2 Å². The van der Waals surface area contributed by atoms with Crippen LogP contribution in [0.1, 0.15) is 18.0 Å². The van der Waals surface area contributed by atoms with Crippen LogP contribution in [0.2, 0.25) is 0 Å². The maximum absolute atomic E-state index is 9.49. The van der Waals surface area contributed by atoms with Crippen molar-refractivity contribution in [3.05, 3.63) is 26.6 Å². The first-order valence-electron chi connectivity index (χ1n) is 4.10. The van der Waals surface area contributed by atoms with Gasteiger partial charge in [-0.15, -0.1) is 0 Å². The molecule has 2 nitrogen and oxygen atoms in total. The fourth-order valence-electron chi connectivity index (χ4n) is 1.36. The van der Waals surface area contributed by atoms with Crippen LogP contribution in [-0.4, -0.2) is 11.7 Å². The van der Waals surface area contributed by atoms with Crippen LogP contribution < -0.4 is 5.32 Å². The van der Waals surface area contributed by atoms with Gasteiger partial charge in [-0.1, -0.05) is 0 Å². The molecule has 13 heavy (non-hydrogen) atoms. The van der Waals surface area contributed by atoms with E-state index in [0.29, 0.717) is 6.04 Å². The molecule has 1 aromatic carbocycles. The van der Waals surface area contributed by atoms with Crippen molar-refractivity contribution in [2.45, 2.75) is 12.5 Å². The number of benzene rings is 1. The summed E-state index contributed by atoms with van der Waals surface area (Å²) in [4.78, 5) is 0. The van der Waals surface area contributed by atoms with Gasteiger partial charge in [0.2, 0.25) is 0 Å². The molecular formula is C9H9Br2NO. The van der Waals surface area contributed by atoms with Gasteiger partial charge in [0.1, 0.15) is 5.75 Å². The van der Waals surface area contributed by atoms with Crippen LogP contribution in [0.3, 0.4) is 0 Å². The van der Waals surface area contributed by atoms with Crippen molar-refractivity contribution in [1.82, 2.24) is 5.32 Å². The Labute approximate surface area is 93.6 Å². The highest BCUT2D eigenvalue weighted by Crippen LogP contribution is 2.36. The molecule has 0 aromatic heterocycles. The minimum absolute atomic E-state index is 0.267. The molecule has 2 N–H and O–H groups in total. The Kier molecular flexibility index (Phi) is 2.62. The second-order valence-corrected chi connectivity index (χ2v) is 4.84. The van der Waals surface area contributed by atoms with Crippen molar-refractivity contribution in [3.63, 3.8) is 0 Å². The molecule has 1 aliphatic rings. The third-order valence-corrected chi connectivity index (χ3v) is 3.47. The smallest absolute Gasteiger partial charge is 0.143 e. The Morgan fingerprint density at radius 3 is 2.23 bits per heavy atom. The van der Waals surface area contributed by atoms with E-state index >= 15 is 0 Å². The van der Waals surface area contributed by atoms with Gasteiger partial charge < -0.3 is 10.4 Å². The fourth-order valence-corrected chi connectivity index (χ4v) is 2.58. The van der Waals surface area contributed by atoms with Crippen LogP contribution in [0, 0.1) is 0 Å². The third kappa shape index (κ3) is 1.75. The zero-order valence-electron chi connectivity index (χ0n) is 6.85. The van der Waals surface area contributed by atoms with Gasteiger partial charge in [0.05, 0.1) is 8.95 Å². The average molecular weight is 307 g/mol. The van der Waals surface area contributed by atoms with E-state index in [1.165, 1.54) is 12.0 Å². The molecule has 0 bridgehead atoms.